The van der Waals surface area contributed by atoms with Crippen molar-refractivity contribution in [1.29, 1.82) is 0 Å². The SMILES string of the molecule is CCCCCCCCCCCCCCCCCC(=O)OC[C@H]1O[C@@H](OC)[C@H](O)[C@@H](OC(=O)CCCCCCCCCCCCCCCCC)[C@@H]1O. The second-order valence-corrected chi connectivity index (χ2v) is 15.3. The Morgan fingerprint density at radius 2 is 0.824 bits per heavy atom. The molecular weight excluding hydrogens is 644 g/mol. The van der Waals surface area contributed by atoms with Crippen LogP contribution in [0.4, 0.5) is 0 Å². The topological polar surface area (TPSA) is 112 Å². The van der Waals surface area contributed by atoms with Gasteiger partial charge in [-0.05, 0) is 12.8 Å². The molecule has 5 atom stereocenters. The molecule has 0 spiro atoms. The molecule has 0 radical (unpaired) electrons. The van der Waals surface area contributed by atoms with E-state index in [1.165, 1.54) is 161 Å². The summed E-state index contributed by atoms with van der Waals surface area (Å²) in [7, 11) is 1.37. The number of aliphatic hydroxyl groups is 2. The Bertz CT molecular complexity index is 792. The van der Waals surface area contributed by atoms with Gasteiger partial charge in [-0.3, -0.25) is 9.59 Å². The summed E-state index contributed by atoms with van der Waals surface area (Å²) < 4.78 is 21.8. The van der Waals surface area contributed by atoms with E-state index in [4.69, 9.17) is 18.9 Å². The zero-order chi connectivity index (χ0) is 37.2. The van der Waals surface area contributed by atoms with E-state index in [2.05, 4.69) is 13.8 Å². The largest absolute Gasteiger partial charge is 0.463 e. The van der Waals surface area contributed by atoms with E-state index < -0.39 is 36.7 Å². The number of rotatable bonds is 36. The lowest BCUT2D eigenvalue weighted by molar-refractivity contribution is -0.297. The summed E-state index contributed by atoms with van der Waals surface area (Å²) in [6.07, 6.45) is 32.2. The van der Waals surface area contributed by atoms with Crippen molar-refractivity contribution in [2.45, 2.75) is 250 Å². The van der Waals surface area contributed by atoms with Crippen molar-refractivity contribution in [3.05, 3.63) is 0 Å². The van der Waals surface area contributed by atoms with E-state index >= 15 is 0 Å². The molecule has 1 fully saturated rings. The maximum absolute atomic E-state index is 12.6. The van der Waals surface area contributed by atoms with E-state index in [-0.39, 0.29) is 19.0 Å². The first-order valence-corrected chi connectivity index (χ1v) is 21.8. The smallest absolute Gasteiger partial charge is 0.306 e. The number of ether oxygens (including phenoxy) is 4. The Hall–Kier alpha value is -1.22. The fraction of sp³-hybridized carbons (Fsp3) is 0.953. The van der Waals surface area contributed by atoms with Crippen molar-refractivity contribution in [3.63, 3.8) is 0 Å². The predicted molar refractivity (Wildman–Crippen MR) is 208 cm³/mol. The highest BCUT2D eigenvalue weighted by Crippen LogP contribution is 2.26. The average molecular weight is 727 g/mol. The maximum atomic E-state index is 12.6. The van der Waals surface area contributed by atoms with Crippen LogP contribution in [-0.2, 0) is 28.5 Å². The number of carbonyl (C=O) groups excluding carboxylic acids is 2. The van der Waals surface area contributed by atoms with Gasteiger partial charge in [0.05, 0.1) is 0 Å². The number of unbranched alkanes of at least 4 members (excludes halogenated alkanes) is 28. The summed E-state index contributed by atoms with van der Waals surface area (Å²) in [5.41, 5.74) is 0. The van der Waals surface area contributed by atoms with Gasteiger partial charge in [0.1, 0.15) is 24.9 Å². The molecule has 1 rings (SSSR count). The molecule has 0 aliphatic carbocycles. The highest BCUT2D eigenvalue weighted by atomic mass is 16.7. The summed E-state index contributed by atoms with van der Waals surface area (Å²) in [6.45, 7) is 4.33. The lowest BCUT2D eigenvalue weighted by atomic mass is 9.99. The summed E-state index contributed by atoms with van der Waals surface area (Å²) >= 11 is 0. The fourth-order valence-corrected chi connectivity index (χ4v) is 7.11. The van der Waals surface area contributed by atoms with Crippen LogP contribution < -0.4 is 0 Å². The van der Waals surface area contributed by atoms with Gasteiger partial charge in [-0.15, -0.1) is 0 Å². The van der Waals surface area contributed by atoms with E-state index in [1.807, 2.05) is 0 Å². The number of esters is 2. The van der Waals surface area contributed by atoms with Gasteiger partial charge in [-0.1, -0.05) is 194 Å². The third-order valence-electron chi connectivity index (χ3n) is 10.5. The summed E-state index contributed by atoms with van der Waals surface area (Å²) in [5, 5.41) is 21.5. The van der Waals surface area contributed by atoms with Crippen LogP contribution in [0, 0.1) is 0 Å². The Labute approximate surface area is 313 Å². The Kier molecular flexibility index (Phi) is 32.4. The third kappa shape index (κ3) is 26.2. The van der Waals surface area contributed by atoms with Crippen LogP contribution in [0.3, 0.4) is 0 Å². The quantitative estimate of drug-likeness (QED) is 0.0485. The minimum Gasteiger partial charge on any atom is -0.463 e. The number of methoxy groups -OCH3 is 1. The van der Waals surface area contributed by atoms with Crippen molar-refractivity contribution in [2.24, 2.45) is 0 Å². The van der Waals surface area contributed by atoms with E-state index in [1.54, 1.807) is 0 Å². The maximum Gasteiger partial charge on any atom is 0.306 e. The molecule has 302 valence electrons. The molecule has 8 heteroatoms. The van der Waals surface area contributed by atoms with Gasteiger partial charge in [-0.2, -0.15) is 0 Å². The number of hydrogen-bond acceptors (Lipinski definition) is 8. The first-order valence-electron chi connectivity index (χ1n) is 21.8. The lowest BCUT2D eigenvalue weighted by Crippen LogP contribution is -2.60. The molecule has 0 saturated carbocycles. The zero-order valence-corrected chi connectivity index (χ0v) is 33.6. The Morgan fingerprint density at radius 1 is 0.490 bits per heavy atom. The minimum absolute atomic E-state index is 0.196. The molecule has 1 aliphatic heterocycles. The van der Waals surface area contributed by atoms with Crippen LogP contribution in [0.15, 0.2) is 0 Å². The second-order valence-electron chi connectivity index (χ2n) is 15.3. The molecule has 2 N–H and O–H groups in total. The van der Waals surface area contributed by atoms with E-state index in [0.717, 1.165) is 32.1 Å². The highest BCUT2D eigenvalue weighted by molar-refractivity contribution is 5.70. The van der Waals surface area contributed by atoms with Gasteiger partial charge in [0.25, 0.3) is 0 Å². The minimum atomic E-state index is -1.35. The molecule has 0 aromatic rings. The van der Waals surface area contributed by atoms with Crippen molar-refractivity contribution >= 4 is 11.9 Å². The van der Waals surface area contributed by atoms with Crippen molar-refractivity contribution < 1.29 is 38.7 Å². The molecule has 8 nitrogen and oxygen atoms in total. The highest BCUT2D eigenvalue weighted by Gasteiger charge is 2.47. The van der Waals surface area contributed by atoms with Crippen molar-refractivity contribution in [1.82, 2.24) is 0 Å². The molecule has 0 amide bonds. The first kappa shape index (κ1) is 47.8. The molecule has 0 unspecified atom stereocenters. The number of carbonyl (C=O) groups is 2. The summed E-state index contributed by atoms with van der Waals surface area (Å²) in [4.78, 5) is 25.0. The number of hydrogen-bond donors (Lipinski definition) is 2. The van der Waals surface area contributed by atoms with Gasteiger partial charge in [0.15, 0.2) is 12.4 Å². The second kappa shape index (κ2) is 34.5. The summed E-state index contributed by atoms with van der Waals surface area (Å²) in [6, 6.07) is 0. The average Bonchev–Trinajstić information content (AvgIpc) is 3.13. The molecule has 1 saturated heterocycles. The monoisotopic (exact) mass is 727 g/mol. The van der Waals surface area contributed by atoms with Crippen LogP contribution >= 0.6 is 0 Å². The lowest BCUT2D eigenvalue weighted by Gasteiger charge is -2.41. The van der Waals surface area contributed by atoms with Crippen LogP contribution in [0.5, 0.6) is 0 Å². The third-order valence-corrected chi connectivity index (χ3v) is 10.5. The Balaban J connectivity index is 2.12. The molecule has 1 aliphatic rings. The van der Waals surface area contributed by atoms with E-state index in [9.17, 15) is 19.8 Å². The molecule has 1 heterocycles. The molecule has 0 bridgehead atoms. The number of aliphatic hydroxyl groups excluding tert-OH is 2. The molecule has 0 aromatic heterocycles. The van der Waals surface area contributed by atoms with Gasteiger partial charge in [-0.25, -0.2) is 0 Å². The first-order chi connectivity index (χ1) is 24.9. The Morgan fingerprint density at radius 3 is 1.18 bits per heavy atom. The molecular formula is C43H82O8. The van der Waals surface area contributed by atoms with Gasteiger partial charge in [0.2, 0.25) is 0 Å². The zero-order valence-electron chi connectivity index (χ0n) is 33.6. The normalized spacial score (nSPS) is 20.5. The summed E-state index contributed by atoms with van der Waals surface area (Å²) in [5.74, 6) is -0.809. The van der Waals surface area contributed by atoms with Crippen LogP contribution in [-0.4, -0.2) is 66.6 Å². The standard InChI is InChI=1S/C43H82O8/c1-4-6-8-10-12-14-16-18-20-22-24-26-28-30-32-34-38(44)49-36-37-40(46)42(41(47)43(48-3)50-37)51-39(45)35-33-31-29-27-25-23-21-19-17-15-13-11-9-7-5-2/h37,40-43,46-47H,4-36H2,1-3H3/t37-,40-,41-,42+,43-/m1/s1. The predicted octanol–water partition coefficient (Wildman–Crippen LogP) is 11.1. The molecule has 51 heavy (non-hydrogen) atoms. The molecule has 0 aromatic carbocycles. The van der Waals surface area contributed by atoms with Crippen molar-refractivity contribution in [2.75, 3.05) is 13.7 Å². The van der Waals surface area contributed by atoms with E-state index in [0.29, 0.717) is 12.8 Å². The fourth-order valence-electron chi connectivity index (χ4n) is 7.11. The van der Waals surface area contributed by atoms with Gasteiger partial charge in [0, 0.05) is 20.0 Å². The van der Waals surface area contributed by atoms with Crippen LogP contribution in [0.2, 0.25) is 0 Å². The van der Waals surface area contributed by atoms with Gasteiger partial charge >= 0.3 is 11.9 Å². The van der Waals surface area contributed by atoms with Crippen LogP contribution in [0.1, 0.15) is 219 Å². The van der Waals surface area contributed by atoms with Crippen molar-refractivity contribution in [3.8, 4) is 0 Å². The van der Waals surface area contributed by atoms with Gasteiger partial charge < -0.3 is 29.2 Å². The van der Waals surface area contributed by atoms with Crippen LogP contribution in [0.25, 0.3) is 0 Å².